The number of amides is 2. The van der Waals surface area contributed by atoms with Crippen LogP contribution < -0.4 is 0 Å². The van der Waals surface area contributed by atoms with E-state index in [-0.39, 0.29) is 23.4 Å². The molecular formula is C16H20F2N2O2. The zero-order chi connectivity index (χ0) is 16.4. The number of piperazine rings is 1. The molecule has 22 heavy (non-hydrogen) atoms. The van der Waals surface area contributed by atoms with Crippen LogP contribution in [-0.2, 0) is 4.79 Å². The van der Waals surface area contributed by atoms with E-state index in [4.69, 9.17) is 0 Å². The van der Waals surface area contributed by atoms with Crippen molar-refractivity contribution in [1.82, 2.24) is 9.80 Å². The quantitative estimate of drug-likeness (QED) is 0.841. The summed E-state index contributed by atoms with van der Waals surface area (Å²) >= 11 is 0. The Balaban J connectivity index is 2.13. The van der Waals surface area contributed by atoms with Crippen LogP contribution in [0.5, 0.6) is 0 Å². The molecule has 1 atom stereocenters. The van der Waals surface area contributed by atoms with Crippen molar-refractivity contribution in [3.63, 3.8) is 0 Å². The maximum Gasteiger partial charge on any atom is 0.257 e. The third kappa shape index (κ3) is 3.26. The molecule has 1 aliphatic heterocycles. The van der Waals surface area contributed by atoms with Gasteiger partial charge in [0, 0.05) is 31.6 Å². The molecule has 1 aliphatic rings. The molecule has 1 aromatic rings. The fourth-order valence-corrected chi connectivity index (χ4v) is 2.64. The van der Waals surface area contributed by atoms with Gasteiger partial charge in [0.15, 0.2) is 0 Å². The SMILES string of the molecule is CC(C)C(=O)N1CCN(C(=O)c2cc(F)ccc2F)C(C)C1. The second kappa shape index (κ2) is 6.42. The van der Waals surface area contributed by atoms with Gasteiger partial charge in [0.2, 0.25) is 5.91 Å². The fourth-order valence-electron chi connectivity index (χ4n) is 2.64. The Morgan fingerprint density at radius 3 is 2.50 bits per heavy atom. The largest absolute Gasteiger partial charge is 0.339 e. The lowest BCUT2D eigenvalue weighted by atomic mass is 10.1. The van der Waals surface area contributed by atoms with Gasteiger partial charge in [-0.05, 0) is 25.1 Å². The second-order valence-corrected chi connectivity index (χ2v) is 5.91. The van der Waals surface area contributed by atoms with Crippen LogP contribution in [0.15, 0.2) is 18.2 Å². The van der Waals surface area contributed by atoms with Gasteiger partial charge in [0.25, 0.3) is 5.91 Å². The zero-order valence-corrected chi connectivity index (χ0v) is 13.0. The summed E-state index contributed by atoms with van der Waals surface area (Å²) in [7, 11) is 0. The second-order valence-electron chi connectivity index (χ2n) is 5.91. The highest BCUT2D eigenvalue weighted by atomic mass is 19.1. The van der Waals surface area contributed by atoms with E-state index in [2.05, 4.69) is 0 Å². The van der Waals surface area contributed by atoms with Crippen LogP contribution in [0.25, 0.3) is 0 Å². The summed E-state index contributed by atoms with van der Waals surface area (Å²) in [6.45, 7) is 6.58. The number of benzene rings is 1. The number of nitrogens with zero attached hydrogens (tertiary/aromatic N) is 2. The fraction of sp³-hybridized carbons (Fsp3) is 0.500. The molecular weight excluding hydrogens is 290 g/mol. The molecule has 0 aliphatic carbocycles. The van der Waals surface area contributed by atoms with Crippen molar-refractivity contribution in [2.45, 2.75) is 26.8 Å². The van der Waals surface area contributed by atoms with E-state index < -0.39 is 17.5 Å². The summed E-state index contributed by atoms with van der Waals surface area (Å²) in [6.07, 6.45) is 0. The van der Waals surface area contributed by atoms with Gasteiger partial charge >= 0.3 is 0 Å². The highest BCUT2D eigenvalue weighted by Gasteiger charge is 2.32. The van der Waals surface area contributed by atoms with Gasteiger partial charge in [-0.25, -0.2) is 8.78 Å². The van der Waals surface area contributed by atoms with Gasteiger partial charge in [0.1, 0.15) is 11.6 Å². The standard InChI is InChI=1S/C16H20F2N2O2/c1-10(2)15(21)19-6-7-20(11(3)9-19)16(22)13-8-12(17)4-5-14(13)18/h4-5,8,10-11H,6-7,9H2,1-3H3. The summed E-state index contributed by atoms with van der Waals surface area (Å²) in [5.74, 6) is -1.99. The van der Waals surface area contributed by atoms with Crippen LogP contribution in [0, 0.1) is 17.6 Å². The molecule has 120 valence electrons. The Hall–Kier alpha value is -1.98. The smallest absolute Gasteiger partial charge is 0.257 e. The van der Waals surface area contributed by atoms with E-state index in [0.29, 0.717) is 19.6 Å². The average molecular weight is 310 g/mol. The molecule has 2 amide bonds. The van der Waals surface area contributed by atoms with Crippen molar-refractivity contribution in [3.05, 3.63) is 35.4 Å². The monoisotopic (exact) mass is 310 g/mol. The lowest BCUT2D eigenvalue weighted by Crippen LogP contribution is -2.56. The molecule has 1 saturated heterocycles. The minimum Gasteiger partial charge on any atom is -0.339 e. The third-order valence-electron chi connectivity index (χ3n) is 3.85. The van der Waals surface area contributed by atoms with E-state index in [1.165, 1.54) is 4.90 Å². The Morgan fingerprint density at radius 2 is 1.91 bits per heavy atom. The summed E-state index contributed by atoms with van der Waals surface area (Å²) < 4.78 is 27.0. The lowest BCUT2D eigenvalue weighted by molar-refractivity contribution is -0.136. The minimum absolute atomic E-state index is 0.0379. The molecule has 0 N–H and O–H groups in total. The predicted octanol–water partition coefficient (Wildman–Crippen LogP) is 2.29. The first-order valence-electron chi connectivity index (χ1n) is 7.36. The van der Waals surface area contributed by atoms with Crippen molar-refractivity contribution < 1.29 is 18.4 Å². The van der Waals surface area contributed by atoms with Gasteiger partial charge in [-0.2, -0.15) is 0 Å². The average Bonchev–Trinajstić information content (AvgIpc) is 2.48. The molecule has 6 heteroatoms. The van der Waals surface area contributed by atoms with Crippen LogP contribution in [0.1, 0.15) is 31.1 Å². The normalized spacial score (nSPS) is 18.7. The Morgan fingerprint density at radius 1 is 1.23 bits per heavy atom. The van der Waals surface area contributed by atoms with Crippen molar-refractivity contribution in [1.29, 1.82) is 0 Å². The van der Waals surface area contributed by atoms with Crippen LogP contribution in [0.3, 0.4) is 0 Å². The van der Waals surface area contributed by atoms with Crippen LogP contribution in [0.2, 0.25) is 0 Å². The van der Waals surface area contributed by atoms with Gasteiger partial charge in [-0.3, -0.25) is 9.59 Å². The van der Waals surface area contributed by atoms with E-state index in [1.807, 2.05) is 13.8 Å². The first kappa shape index (κ1) is 16.4. The molecule has 1 heterocycles. The van der Waals surface area contributed by atoms with Crippen molar-refractivity contribution >= 4 is 11.8 Å². The van der Waals surface area contributed by atoms with E-state index in [9.17, 15) is 18.4 Å². The van der Waals surface area contributed by atoms with E-state index in [1.54, 1.807) is 11.8 Å². The van der Waals surface area contributed by atoms with Crippen molar-refractivity contribution in [3.8, 4) is 0 Å². The first-order valence-corrected chi connectivity index (χ1v) is 7.36. The molecule has 2 rings (SSSR count). The summed E-state index contributed by atoms with van der Waals surface area (Å²) in [4.78, 5) is 27.6. The molecule has 1 aromatic carbocycles. The van der Waals surface area contributed by atoms with Crippen LogP contribution >= 0.6 is 0 Å². The maximum absolute atomic E-state index is 13.7. The zero-order valence-electron chi connectivity index (χ0n) is 13.0. The van der Waals surface area contributed by atoms with E-state index in [0.717, 1.165) is 18.2 Å². The maximum atomic E-state index is 13.7. The van der Waals surface area contributed by atoms with Crippen LogP contribution in [0.4, 0.5) is 8.78 Å². The highest BCUT2D eigenvalue weighted by molar-refractivity contribution is 5.95. The minimum atomic E-state index is -0.737. The summed E-state index contributed by atoms with van der Waals surface area (Å²) in [6, 6.07) is 2.60. The summed E-state index contributed by atoms with van der Waals surface area (Å²) in [5.41, 5.74) is -0.268. The molecule has 4 nitrogen and oxygen atoms in total. The number of halogens is 2. The molecule has 1 unspecified atom stereocenters. The number of carbonyl (C=O) groups excluding carboxylic acids is 2. The third-order valence-corrected chi connectivity index (χ3v) is 3.85. The van der Waals surface area contributed by atoms with Gasteiger partial charge < -0.3 is 9.80 Å². The highest BCUT2D eigenvalue weighted by Crippen LogP contribution is 2.18. The van der Waals surface area contributed by atoms with Crippen molar-refractivity contribution in [2.24, 2.45) is 5.92 Å². The first-order chi connectivity index (χ1) is 10.3. The number of hydrogen-bond acceptors (Lipinski definition) is 2. The summed E-state index contributed by atoms with van der Waals surface area (Å²) in [5, 5.41) is 0. The Kier molecular flexibility index (Phi) is 4.78. The molecule has 1 fully saturated rings. The molecule has 0 aromatic heterocycles. The van der Waals surface area contributed by atoms with Crippen molar-refractivity contribution in [2.75, 3.05) is 19.6 Å². The molecule has 0 radical (unpaired) electrons. The van der Waals surface area contributed by atoms with Gasteiger partial charge in [-0.15, -0.1) is 0 Å². The number of rotatable bonds is 2. The van der Waals surface area contributed by atoms with Gasteiger partial charge in [-0.1, -0.05) is 13.8 Å². The lowest BCUT2D eigenvalue weighted by Gasteiger charge is -2.40. The van der Waals surface area contributed by atoms with Gasteiger partial charge in [0.05, 0.1) is 5.56 Å². The number of carbonyl (C=O) groups is 2. The van der Waals surface area contributed by atoms with E-state index >= 15 is 0 Å². The molecule has 0 spiro atoms. The Labute approximate surface area is 128 Å². The Bertz CT molecular complexity index is 590. The molecule has 0 bridgehead atoms. The predicted molar refractivity (Wildman–Crippen MR) is 78.3 cm³/mol. The topological polar surface area (TPSA) is 40.6 Å². The van der Waals surface area contributed by atoms with Crippen LogP contribution in [-0.4, -0.2) is 47.3 Å². The number of hydrogen-bond donors (Lipinski definition) is 0. The molecule has 0 saturated carbocycles.